The van der Waals surface area contributed by atoms with E-state index in [1.54, 1.807) is 0 Å². The van der Waals surface area contributed by atoms with Gasteiger partial charge in [0.25, 0.3) is 0 Å². The lowest BCUT2D eigenvalue weighted by molar-refractivity contribution is 0.169. The largest absolute Gasteiger partial charge is 0.339 e. The molecule has 1 fully saturated rings. The Labute approximate surface area is 122 Å². The predicted octanol–water partition coefficient (Wildman–Crippen LogP) is 2.23. The van der Waals surface area contributed by atoms with Crippen molar-refractivity contribution in [2.45, 2.75) is 59.0 Å². The molecule has 2 rings (SSSR count). The number of aromatic nitrogens is 2. The molecule has 0 amide bonds. The fourth-order valence-electron chi connectivity index (χ4n) is 2.62. The minimum Gasteiger partial charge on any atom is -0.339 e. The average molecular weight is 280 g/mol. The van der Waals surface area contributed by atoms with Gasteiger partial charge in [-0.3, -0.25) is 4.90 Å². The molecule has 0 aromatic carbocycles. The smallest absolute Gasteiger partial charge is 0.226 e. The van der Waals surface area contributed by atoms with E-state index in [-0.39, 0.29) is 0 Å². The summed E-state index contributed by atoms with van der Waals surface area (Å²) in [5, 5.41) is 7.61. The van der Waals surface area contributed by atoms with Crippen molar-refractivity contribution in [2.75, 3.05) is 19.6 Å². The molecule has 5 nitrogen and oxygen atoms in total. The van der Waals surface area contributed by atoms with Gasteiger partial charge in [-0.2, -0.15) is 4.98 Å². The second kappa shape index (κ2) is 7.74. The van der Waals surface area contributed by atoms with Gasteiger partial charge in [0.1, 0.15) is 0 Å². The Morgan fingerprint density at radius 2 is 2.10 bits per heavy atom. The Hall–Kier alpha value is -0.940. The maximum absolute atomic E-state index is 5.23. The molecule has 0 saturated carbocycles. The molecule has 1 aliphatic heterocycles. The molecule has 0 atom stereocenters. The summed E-state index contributed by atoms with van der Waals surface area (Å²) in [6.07, 6.45) is 4.46. The highest BCUT2D eigenvalue weighted by atomic mass is 16.5. The molecule has 1 N–H and O–H groups in total. The fourth-order valence-corrected chi connectivity index (χ4v) is 2.62. The fraction of sp³-hybridized carbons (Fsp3) is 0.867. The van der Waals surface area contributed by atoms with Crippen LogP contribution in [0.25, 0.3) is 0 Å². The van der Waals surface area contributed by atoms with Crippen molar-refractivity contribution in [3.8, 4) is 0 Å². The van der Waals surface area contributed by atoms with Gasteiger partial charge in [-0.1, -0.05) is 25.9 Å². The van der Waals surface area contributed by atoms with Gasteiger partial charge in [-0.25, -0.2) is 0 Å². The second-order valence-corrected chi connectivity index (χ2v) is 6.14. The molecule has 0 spiro atoms. The van der Waals surface area contributed by atoms with Crippen LogP contribution in [0.1, 0.15) is 51.7 Å². The van der Waals surface area contributed by atoms with E-state index in [0.29, 0.717) is 6.04 Å². The molecule has 1 aromatic heterocycles. The highest BCUT2D eigenvalue weighted by molar-refractivity contribution is 4.87. The lowest BCUT2D eigenvalue weighted by atomic mass is 9.96. The Bertz CT molecular complexity index is 383. The van der Waals surface area contributed by atoms with Crippen LogP contribution in [0.15, 0.2) is 4.52 Å². The van der Waals surface area contributed by atoms with E-state index in [1.807, 2.05) is 0 Å². The van der Waals surface area contributed by atoms with Crippen LogP contribution in [-0.4, -0.2) is 40.7 Å². The van der Waals surface area contributed by atoms with Gasteiger partial charge >= 0.3 is 0 Å². The monoisotopic (exact) mass is 280 g/mol. The van der Waals surface area contributed by atoms with Crippen molar-refractivity contribution >= 4 is 0 Å². The summed E-state index contributed by atoms with van der Waals surface area (Å²) in [6, 6.07) is 0.587. The number of likely N-dealkylation sites (tertiary alicyclic amines) is 1. The van der Waals surface area contributed by atoms with Gasteiger partial charge in [0.05, 0.1) is 6.54 Å². The first-order chi connectivity index (χ1) is 9.67. The summed E-state index contributed by atoms with van der Waals surface area (Å²) < 4.78 is 5.23. The van der Waals surface area contributed by atoms with Crippen LogP contribution in [0.4, 0.5) is 0 Å². The van der Waals surface area contributed by atoms with Crippen LogP contribution >= 0.6 is 0 Å². The summed E-state index contributed by atoms with van der Waals surface area (Å²) in [5.41, 5.74) is 0. The summed E-state index contributed by atoms with van der Waals surface area (Å²) in [6.45, 7) is 10.8. The molecule has 114 valence electrons. The first-order valence-corrected chi connectivity index (χ1v) is 7.94. The third-order valence-corrected chi connectivity index (χ3v) is 3.86. The van der Waals surface area contributed by atoms with Gasteiger partial charge in [0.15, 0.2) is 5.82 Å². The zero-order valence-electron chi connectivity index (χ0n) is 13.1. The number of nitrogens with zero attached hydrogens (tertiary/aromatic N) is 3. The molecule has 1 aliphatic rings. The molecule has 0 unspecified atom stereocenters. The van der Waals surface area contributed by atoms with E-state index >= 15 is 0 Å². The van der Waals surface area contributed by atoms with Crippen LogP contribution in [0, 0.1) is 5.92 Å². The number of aryl methyl sites for hydroxylation is 1. The minimum atomic E-state index is 0.587. The summed E-state index contributed by atoms with van der Waals surface area (Å²) in [4.78, 5) is 6.88. The summed E-state index contributed by atoms with van der Waals surface area (Å²) in [5.74, 6) is 2.43. The molecule has 1 aromatic rings. The average Bonchev–Trinajstić information content (AvgIpc) is 2.86. The van der Waals surface area contributed by atoms with Crippen LogP contribution in [0.2, 0.25) is 0 Å². The van der Waals surface area contributed by atoms with Crippen molar-refractivity contribution in [1.29, 1.82) is 0 Å². The maximum atomic E-state index is 5.23. The lowest BCUT2D eigenvalue weighted by Crippen LogP contribution is -2.38. The standard InChI is InChI=1S/C15H28N4O/c1-4-5-15-17-14(18-20-15)11-19-8-6-13(7-9-19)10-16-12(2)3/h12-13,16H,4-11H2,1-3H3. The topological polar surface area (TPSA) is 54.2 Å². The number of hydrogen-bond donors (Lipinski definition) is 1. The molecule has 1 saturated heterocycles. The van der Waals surface area contributed by atoms with Crippen molar-refractivity contribution in [2.24, 2.45) is 5.92 Å². The number of nitrogens with one attached hydrogen (secondary N) is 1. The number of piperidine rings is 1. The van der Waals surface area contributed by atoms with E-state index in [4.69, 9.17) is 4.52 Å². The Balaban J connectivity index is 1.70. The van der Waals surface area contributed by atoms with E-state index in [9.17, 15) is 0 Å². The molecular weight excluding hydrogens is 252 g/mol. The van der Waals surface area contributed by atoms with Gasteiger partial charge in [-0.15, -0.1) is 0 Å². The zero-order chi connectivity index (χ0) is 14.4. The van der Waals surface area contributed by atoms with Crippen LogP contribution in [0.3, 0.4) is 0 Å². The van der Waals surface area contributed by atoms with E-state index in [0.717, 1.165) is 56.7 Å². The van der Waals surface area contributed by atoms with Crippen molar-refractivity contribution in [1.82, 2.24) is 20.4 Å². The third kappa shape index (κ3) is 4.87. The maximum Gasteiger partial charge on any atom is 0.226 e. The molecule has 20 heavy (non-hydrogen) atoms. The molecular formula is C15H28N4O. The Morgan fingerprint density at radius 1 is 1.35 bits per heavy atom. The number of rotatable bonds is 7. The predicted molar refractivity (Wildman–Crippen MR) is 79.4 cm³/mol. The summed E-state index contributed by atoms with van der Waals surface area (Å²) >= 11 is 0. The molecule has 0 aliphatic carbocycles. The third-order valence-electron chi connectivity index (χ3n) is 3.86. The highest BCUT2D eigenvalue weighted by Gasteiger charge is 2.20. The van der Waals surface area contributed by atoms with E-state index in [2.05, 4.69) is 41.1 Å². The van der Waals surface area contributed by atoms with Gasteiger partial charge in [0.2, 0.25) is 5.89 Å². The van der Waals surface area contributed by atoms with E-state index in [1.165, 1.54) is 12.8 Å². The van der Waals surface area contributed by atoms with E-state index < -0.39 is 0 Å². The minimum absolute atomic E-state index is 0.587. The second-order valence-electron chi connectivity index (χ2n) is 6.14. The van der Waals surface area contributed by atoms with Crippen molar-refractivity contribution in [3.63, 3.8) is 0 Å². The quantitative estimate of drug-likeness (QED) is 0.830. The molecule has 5 heteroatoms. The first kappa shape index (κ1) is 15.4. The van der Waals surface area contributed by atoms with Crippen LogP contribution in [0.5, 0.6) is 0 Å². The van der Waals surface area contributed by atoms with Crippen LogP contribution in [-0.2, 0) is 13.0 Å². The molecule has 2 heterocycles. The Morgan fingerprint density at radius 3 is 2.75 bits per heavy atom. The highest BCUT2D eigenvalue weighted by Crippen LogP contribution is 2.18. The van der Waals surface area contributed by atoms with Gasteiger partial charge in [0, 0.05) is 12.5 Å². The number of hydrogen-bond acceptors (Lipinski definition) is 5. The van der Waals surface area contributed by atoms with Gasteiger partial charge < -0.3 is 9.84 Å². The first-order valence-electron chi connectivity index (χ1n) is 7.94. The molecule has 0 radical (unpaired) electrons. The Kier molecular flexibility index (Phi) is 5.98. The lowest BCUT2D eigenvalue weighted by Gasteiger charge is -2.31. The van der Waals surface area contributed by atoms with Crippen molar-refractivity contribution in [3.05, 3.63) is 11.7 Å². The van der Waals surface area contributed by atoms with Gasteiger partial charge in [-0.05, 0) is 44.8 Å². The van der Waals surface area contributed by atoms with Crippen molar-refractivity contribution < 1.29 is 4.52 Å². The summed E-state index contributed by atoms with van der Waals surface area (Å²) in [7, 11) is 0. The van der Waals surface area contributed by atoms with Crippen LogP contribution < -0.4 is 5.32 Å². The normalized spacial score (nSPS) is 18.0. The zero-order valence-corrected chi connectivity index (χ0v) is 13.1. The SMILES string of the molecule is CCCc1nc(CN2CCC(CNC(C)C)CC2)no1. The molecule has 0 bridgehead atoms.